The predicted octanol–water partition coefficient (Wildman–Crippen LogP) is 4.52. The molecule has 4 atom stereocenters. The van der Waals surface area contributed by atoms with Crippen LogP contribution in [0.15, 0.2) is 36.4 Å². The average Bonchev–Trinajstić information content (AvgIpc) is 3.89. The van der Waals surface area contributed by atoms with Crippen LogP contribution in [0.4, 0.5) is 0 Å². The highest BCUT2D eigenvalue weighted by atomic mass is 16.5. The summed E-state index contributed by atoms with van der Waals surface area (Å²) in [6.45, 7) is 2.81. The number of aromatic amines is 2. The summed E-state index contributed by atoms with van der Waals surface area (Å²) in [7, 11) is 0. The molecule has 10 heteroatoms. The summed E-state index contributed by atoms with van der Waals surface area (Å²) < 4.78 is 11.3. The Morgan fingerprint density at radius 1 is 0.682 bits per heavy atom. The zero-order valence-corrected chi connectivity index (χ0v) is 24.7. The maximum Gasteiger partial charge on any atom is 0.252 e. The second-order valence-electron chi connectivity index (χ2n) is 12.3. The normalized spacial score (nSPS) is 25.3. The second-order valence-corrected chi connectivity index (χ2v) is 12.3. The van der Waals surface area contributed by atoms with Crippen LogP contribution in [0.1, 0.15) is 86.2 Å². The molecule has 2 aromatic heterocycles. The molecule has 10 nitrogen and oxygen atoms in total. The van der Waals surface area contributed by atoms with E-state index in [1.54, 1.807) is 0 Å². The van der Waals surface area contributed by atoms with Crippen LogP contribution < -0.4 is 0 Å². The number of imidazole rings is 2. The van der Waals surface area contributed by atoms with Crippen LogP contribution in [0.5, 0.6) is 0 Å². The number of carbonyl (C=O) groups excluding carboxylic acids is 2. The van der Waals surface area contributed by atoms with Crippen LogP contribution in [0.3, 0.4) is 0 Å². The fourth-order valence-electron chi connectivity index (χ4n) is 7.22. The lowest BCUT2D eigenvalue weighted by atomic mass is 10.1. The van der Waals surface area contributed by atoms with Gasteiger partial charge in [0.05, 0.1) is 34.2 Å². The summed E-state index contributed by atoms with van der Waals surface area (Å²) in [5.41, 5.74) is 5.32. The summed E-state index contributed by atoms with van der Waals surface area (Å²) in [4.78, 5) is 46.7. The van der Waals surface area contributed by atoms with Crippen molar-refractivity contribution in [2.24, 2.45) is 0 Å². The highest BCUT2D eigenvalue weighted by Crippen LogP contribution is 2.35. The third-order valence-corrected chi connectivity index (χ3v) is 9.46. The first-order valence-electron chi connectivity index (χ1n) is 16.0. The van der Waals surface area contributed by atoms with Crippen LogP contribution in [-0.2, 0) is 19.1 Å². The molecule has 8 rings (SSSR count). The molecule has 0 radical (unpaired) electrons. The Hall–Kier alpha value is -4.20. The van der Waals surface area contributed by atoms with Crippen molar-refractivity contribution >= 4 is 33.9 Å². The third kappa shape index (κ3) is 5.04. The lowest BCUT2D eigenvalue weighted by molar-refractivity contribution is -0.142. The number of nitrogens with one attached hydrogen (secondary N) is 2. The van der Waals surface area contributed by atoms with Crippen molar-refractivity contribution in [1.82, 2.24) is 29.7 Å². The van der Waals surface area contributed by atoms with Crippen LogP contribution in [0.25, 0.3) is 22.1 Å². The van der Waals surface area contributed by atoms with Gasteiger partial charge in [0.15, 0.2) is 0 Å². The Morgan fingerprint density at radius 2 is 1.16 bits per heavy atom. The molecule has 0 saturated carbocycles. The molecule has 0 aliphatic carbocycles. The number of aromatic nitrogens is 4. The van der Waals surface area contributed by atoms with E-state index in [2.05, 4.69) is 21.8 Å². The van der Waals surface area contributed by atoms with Gasteiger partial charge in [0.2, 0.25) is 0 Å². The number of rotatable bonds is 4. The molecule has 4 aliphatic heterocycles. The smallest absolute Gasteiger partial charge is 0.252 e. The van der Waals surface area contributed by atoms with Crippen LogP contribution in [0.2, 0.25) is 0 Å². The Labute approximate surface area is 255 Å². The molecule has 4 saturated heterocycles. The fourth-order valence-corrected chi connectivity index (χ4v) is 7.22. The maximum absolute atomic E-state index is 13.1. The van der Waals surface area contributed by atoms with Gasteiger partial charge < -0.3 is 29.2 Å². The van der Waals surface area contributed by atoms with Gasteiger partial charge in [0.1, 0.15) is 23.9 Å². The minimum Gasteiger partial charge on any atom is -0.368 e. The van der Waals surface area contributed by atoms with Crippen molar-refractivity contribution < 1.29 is 19.1 Å². The standard InChI is InChI=1S/C34H36N6O4/c41-33(29-7-3-17-43-29)39-15-1-5-27(39)31-35-23-13-11-21(19-25(23)37-31)9-10-22-12-14-24-26(20-22)38-32(36-24)28-6-2-16-40(28)34(42)30-8-4-18-44-30/h11-14,19-20,27-30H,1-8,15-18H2,(H,35,37)(H,36,38)/t27?,28?,29-,30-/m0/s1. The van der Waals surface area contributed by atoms with Gasteiger partial charge in [0, 0.05) is 37.4 Å². The molecule has 0 bridgehead atoms. The zero-order chi connectivity index (χ0) is 29.6. The number of carbonyl (C=O) groups is 2. The second kappa shape index (κ2) is 11.4. The van der Waals surface area contributed by atoms with Gasteiger partial charge in [-0.25, -0.2) is 9.97 Å². The Bertz CT molecular complexity index is 1660. The summed E-state index contributed by atoms with van der Waals surface area (Å²) >= 11 is 0. The molecule has 2 N–H and O–H groups in total. The summed E-state index contributed by atoms with van der Waals surface area (Å²) in [5, 5.41) is 0. The van der Waals surface area contributed by atoms with Gasteiger partial charge in [-0.3, -0.25) is 9.59 Å². The SMILES string of the molecule is O=C([C@@H]1CCCO1)N1CCCC1c1nc2ccc(C#Cc3ccc4nc(C5CCCN5C(=O)[C@@H]5CCCO5)[nH]c4c3)cc2[nH]1. The molecule has 4 aromatic rings. The van der Waals surface area contributed by atoms with Crippen LogP contribution >= 0.6 is 0 Å². The molecular formula is C34H36N6O4. The average molecular weight is 593 g/mol. The molecule has 4 fully saturated rings. The highest BCUT2D eigenvalue weighted by Gasteiger charge is 2.38. The Kier molecular flexibility index (Phi) is 7.07. The van der Waals surface area contributed by atoms with Gasteiger partial charge in [-0.2, -0.15) is 0 Å². The van der Waals surface area contributed by atoms with Crippen molar-refractivity contribution in [1.29, 1.82) is 0 Å². The molecule has 2 amide bonds. The first-order chi connectivity index (χ1) is 21.6. The van der Waals surface area contributed by atoms with Gasteiger partial charge in [0.25, 0.3) is 11.8 Å². The number of benzene rings is 2. The van der Waals surface area contributed by atoms with E-state index in [9.17, 15) is 9.59 Å². The number of nitrogens with zero attached hydrogens (tertiary/aromatic N) is 4. The summed E-state index contributed by atoms with van der Waals surface area (Å²) in [5.74, 6) is 8.42. The summed E-state index contributed by atoms with van der Waals surface area (Å²) in [6, 6.07) is 11.9. The lowest BCUT2D eigenvalue weighted by Crippen LogP contribution is -2.38. The highest BCUT2D eigenvalue weighted by molar-refractivity contribution is 5.83. The number of hydrogen-bond acceptors (Lipinski definition) is 6. The van der Waals surface area contributed by atoms with E-state index < -0.39 is 0 Å². The Balaban J connectivity index is 0.994. The molecule has 2 unspecified atom stereocenters. The third-order valence-electron chi connectivity index (χ3n) is 9.46. The molecule has 2 aromatic carbocycles. The van der Waals surface area contributed by atoms with Crippen molar-refractivity contribution in [3.8, 4) is 11.8 Å². The predicted molar refractivity (Wildman–Crippen MR) is 163 cm³/mol. The van der Waals surface area contributed by atoms with Gasteiger partial charge in [-0.1, -0.05) is 11.8 Å². The van der Waals surface area contributed by atoms with Gasteiger partial charge in [-0.15, -0.1) is 0 Å². The first kappa shape index (κ1) is 27.4. The minimum atomic E-state index is -0.312. The van der Waals surface area contributed by atoms with Crippen molar-refractivity contribution in [2.75, 3.05) is 26.3 Å². The number of likely N-dealkylation sites (tertiary alicyclic amines) is 2. The monoisotopic (exact) mass is 592 g/mol. The van der Waals surface area contributed by atoms with E-state index in [0.29, 0.717) is 13.2 Å². The van der Waals surface area contributed by atoms with Gasteiger partial charge in [-0.05, 0) is 87.8 Å². The number of hydrogen-bond donors (Lipinski definition) is 2. The summed E-state index contributed by atoms with van der Waals surface area (Å²) in [6.07, 6.45) is 6.58. The fraction of sp³-hybridized carbons (Fsp3) is 0.471. The number of ether oxygens (including phenoxy) is 2. The Morgan fingerprint density at radius 3 is 1.59 bits per heavy atom. The molecular weight excluding hydrogens is 556 g/mol. The molecule has 0 spiro atoms. The number of amides is 2. The molecule has 44 heavy (non-hydrogen) atoms. The first-order valence-corrected chi connectivity index (χ1v) is 16.0. The van der Waals surface area contributed by atoms with E-state index >= 15 is 0 Å². The minimum absolute atomic E-state index is 0.0508. The molecule has 226 valence electrons. The van der Waals surface area contributed by atoms with Crippen molar-refractivity contribution in [3.63, 3.8) is 0 Å². The van der Waals surface area contributed by atoms with Crippen LogP contribution in [-0.4, -0.2) is 80.1 Å². The topological polar surface area (TPSA) is 116 Å². The molecule has 4 aliphatic rings. The van der Waals surface area contributed by atoms with E-state index in [1.165, 1.54) is 0 Å². The lowest BCUT2D eigenvalue weighted by Gasteiger charge is -2.25. The van der Waals surface area contributed by atoms with E-state index in [-0.39, 0.29) is 36.1 Å². The van der Waals surface area contributed by atoms with E-state index in [0.717, 1.165) is 109 Å². The van der Waals surface area contributed by atoms with Gasteiger partial charge >= 0.3 is 0 Å². The largest absolute Gasteiger partial charge is 0.368 e. The van der Waals surface area contributed by atoms with Crippen molar-refractivity contribution in [3.05, 3.63) is 59.2 Å². The maximum atomic E-state index is 13.1. The molecule has 6 heterocycles. The number of H-pyrrole nitrogens is 2. The quantitative estimate of drug-likeness (QED) is 0.337. The number of fused-ring (bicyclic) bond motifs is 2. The van der Waals surface area contributed by atoms with E-state index in [1.807, 2.05) is 46.2 Å². The van der Waals surface area contributed by atoms with E-state index in [4.69, 9.17) is 19.4 Å². The van der Waals surface area contributed by atoms with Crippen molar-refractivity contribution in [2.45, 2.75) is 75.7 Å². The van der Waals surface area contributed by atoms with Crippen LogP contribution in [0, 0.1) is 11.8 Å². The zero-order valence-electron chi connectivity index (χ0n) is 24.7.